The number of carbonyl (C=O) groups excluding carboxylic acids is 1. The van der Waals surface area contributed by atoms with Gasteiger partial charge in [0, 0.05) is 5.69 Å². The summed E-state index contributed by atoms with van der Waals surface area (Å²) in [5.41, 5.74) is 1.16. The third kappa shape index (κ3) is 6.82. The third-order valence-corrected chi connectivity index (χ3v) is 3.77. The van der Waals surface area contributed by atoms with Gasteiger partial charge in [0.25, 0.3) is 0 Å². The van der Waals surface area contributed by atoms with Crippen LogP contribution in [0.1, 0.15) is 18.5 Å². The molecular weight excluding hydrogens is 377 g/mol. The van der Waals surface area contributed by atoms with E-state index in [2.05, 4.69) is 10.1 Å². The average Bonchev–Trinajstić information content (AvgIpc) is 2.60. The smallest absolute Gasteiger partial charge is 0.480 e. The molecule has 0 saturated carbocycles. The fourth-order valence-corrected chi connectivity index (χ4v) is 2.54. The summed E-state index contributed by atoms with van der Waals surface area (Å²) in [7, 11) is 0. The van der Waals surface area contributed by atoms with Gasteiger partial charge in [0.1, 0.15) is 12.3 Å². The van der Waals surface area contributed by atoms with E-state index in [-0.39, 0.29) is 18.8 Å². The number of nitrogens with one attached hydrogen (secondary N) is 1. The number of anilines is 1. The predicted molar refractivity (Wildman–Crippen MR) is 96.0 cm³/mol. The number of hydrogen-bond acceptors (Lipinski definition) is 4. The molecule has 0 radical (unpaired) electrons. The van der Waals surface area contributed by atoms with Gasteiger partial charge in [-0.05, 0) is 36.8 Å². The molecule has 2 aromatic carbocycles. The Morgan fingerprint density at radius 2 is 1.68 bits per heavy atom. The molecule has 1 atom stereocenters. The van der Waals surface area contributed by atoms with Crippen LogP contribution in [-0.2, 0) is 9.59 Å². The molecule has 0 aliphatic carbocycles. The van der Waals surface area contributed by atoms with E-state index >= 15 is 0 Å². The van der Waals surface area contributed by atoms with Crippen molar-refractivity contribution in [3.63, 3.8) is 0 Å². The van der Waals surface area contributed by atoms with Gasteiger partial charge in [-0.3, -0.25) is 9.59 Å². The van der Waals surface area contributed by atoms with Crippen LogP contribution in [0.4, 0.5) is 18.9 Å². The SMILES string of the molecule is CC(NC(=O)CN(CC(=O)O)c1ccccc1)c1ccc(OC(F)(F)F)cc1. The first-order chi connectivity index (χ1) is 13.1. The molecule has 2 aromatic rings. The monoisotopic (exact) mass is 396 g/mol. The van der Waals surface area contributed by atoms with Crippen LogP contribution in [-0.4, -0.2) is 36.4 Å². The predicted octanol–water partition coefficient (Wildman–Crippen LogP) is 3.35. The van der Waals surface area contributed by atoms with Gasteiger partial charge in [-0.15, -0.1) is 13.2 Å². The summed E-state index contributed by atoms with van der Waals surface area (Å²) < 4.78 is 40.4. The molecule has 6 nitrogen and oxygen atoms in total. The minimum Gasteiger partial charge on any atom is -0.480 e. The highest BCUT2D eigenvalue weighted by molar-refractivity contribution is 5.84. The zero-order valence-electron chi connectivity index (χ0n) is 14.9. The lowest BCUT2D eigenvalue weighted by Gasteiger charge is -2.23. The molecule has 28 heavy (non-hydrogen) atoms. The first-order valence-electron chi connectivity index (χ1n) is 8.31. The van der Waals surface area contributed by atoms with Crippen LogP contribution in [0.25, 0.3) is 0 Å². The van der Waals surface area contributed by atoms with E-state index in [1.54, 1.807) is 37.3 Å². The molecule has 1 unspecified atom stereocenters. The maximum atomic E-state index is 12.3. The van der Waals surface area contributed by atoms with Gasteiger partial charge >= 0.3 is 12.3 Å². The number of rotatable bonds is 8. The van der Waals surface area contributed by atoms with Crippen LogP contribution in [0.2, 0.25) is 0 Å². The second-order valence-electron chi connectivity index (χ2n) is 5.99. The molecule has 0 aromatic heterocycles. The fourth-order valence-electron chi connectivity index (χ4n) is 2.54. The van der Waals surface area contributed by atoms with Crippen LogP contribution < -0.4 is 15.0 Å². The Morgan fingerprint density at radius 3 is 2.21 bits per heavy atom. The Bertz CT molecular complexity index is 795. The number of carbonyl (C=O) groups is 2. The maximum Gasteiger partial charge on any atom is 0.573 e. The van der Waals surface area contributed by atoms with Crippen molar-refractivity contribution in [3.05, 3.63) is 60.2 Å². The summed E-state index contributed by atoms with van der Waals surface area (Å²) in [6.45, 7) is 1.13. The Balaban J connectivity index is 1.99. The van der Waals surface area contributed by atoms with Crippen molar-refractivity contribution in [2.45, 2.75) is 19.3 Å². The van der Waals surface area contributed by atoms with Crippen molar-refractivity contribution in [2.24, 2.45) is 0 Å². The zero-order chi connectivity index (χ0) is 20.7. The third-order valence-electron chi connectivity index (χ3n) is 3.77. The first kappa shape index (κ1) is 21.1. The van der Waals surface area contributed by atoms with Gasteiger partial charge in [-0.25, -0.2) is 0 Å². The molecule has 0 fully saturated rings. The van der Waals surface area contributed by atoms with E-state index in [0.717, 1.165) is 12.1 Å². The Kier molecular flexibility index (Phi) is 6.86. The van der Waals surface area contributed by atoms with E-state index in [4.69, 9.17) is 5.11 Å². The summed E-state index contributed by atoms with van der Waals surface area (Å²) in [6.07, 6.45) is -4.77. The van der Waals surface area contributed by atoms with Crippen LogP contribution in [0.15, 0.2) is 54.6 Å². The topological polar surface area (TPSA) is 78.9 Å². The van der Waals surface area contributed by atoms with E-state index in [1.807, 2.05) is 0 Å². The number of ether oxygens (including phenoxy) is 1. The quantitative estimate of drug-likeness (QED) is 0.716. The summed E-state index contributed by atoms with van der Waals surface area (Å²) in [6, 6.07) is 13.3. The summed E-state index contributed by atoms with van der Waals surface area (Å²) in [5, 5.41) is 11.8. The van der Waals surface area contributed by atoms with Gasteiger partial charge in [0.15, 0.2) is 0 Å². The largest absolute Gasteiger partial charge is 0.573 e. The lowest BCUT2D eigenvalue weighted by Crippen LogP contribution is -2.40. The molecule has 2 rings (SSSR count). The average molecular weight is 396 g/mol. The summed E-state index contributed by atoms with van der Waals surface area (Å²) in [4.78, 5) is 24.8. The van der Waals surface area contributed by atoms with Crippen molar-refractivity contribution < 1.29 is 32.6 Å². The van der Waals surface area contributed by atoms with Crippen molar-refractivity contribution in [3.8, 4) is 5.75 Å². The number of halogens is 3. The summed E-state index contributed by atoms with van der Waals surface area (Å²) >= 11 is 0. The highest BCUT2D eigenvalue weighted by atomic mass is 19.4. The van der Waals surface area contributed by atoms with Gasteiger partial charge < -0.3 is 20.1 Å². The van der Waals surface area contributed by atoms with Crippen molar-refractivity contribution in [2.75, 3.05) is 18.0 Å². The number of nitrogens with zero attached hydrogens (tertiary/aromatic N) is 1. The van der Waals surface area contributed by atoms with Gasteiger partial charge in [-0.2, -0.15) is 0 Å². The van der Waals surface area contributed by atoms with Crippen LogP contribution in [0.3, 0.4) is 0 Å². The van der Waals surface area contributed by atoms with Gasteiger partial charge in [0.05, 0.1) is 12.6 Å². The van der Waals surface area contributed by atoms with Crippen LogP contribution >= 0.6 is 0 Å². The molecule has 0 aliphatic rings. The summed E-state index contributed by atoms with van der Waals surface area (Å²) in [5.74, 6) is -1.86. The molecule has 2 N–H and O–H groups in total. The maximum absolute atomic E-state index is 12.3. The van der Waals surface area contributed by atoms with Crippen molar-refractivity contribution >= 4 is 17.6 Å². The molecule has 0 heterocycles. The Hall–Kier alpha value is -3.23. The highest BCUT2D eigenvalue weighted by Gasteiger charge is 2.31. The highest BCUT2D eigenvalue weighted by Crippen LogP contribution is 2.24. The molecule has 0 saturated heterocycles. The van der Waals surface area contributed by atoms with E-state index in [1.165, 1.54) is 17.0 Å². The Morgan fingerprint density at radius 1 is 1.07 bits per heavy atom. The number of carboxylic acid groups (broad SMARTS) is 1. The standard InChI is InChI=1S/C19H19F3N2O4/c1-13(14-7-9-16(10-8-14)28-19(20,21)22)23-17(25)11-24(12-18(26)27)15-5-3-2-4-6-15/h2-10,13H,11-12H2,1H3,(H,23,25)(H,26,27). The van der Waals surface area contributed by atoms with E-state index in [9.17, 15) is 22.8 Å². The van der Waals surface area contributed by atoms with Crippen molar-refractivity contribution in [1.29, 1.82) is 0 Å². The zero-order valence-corrected chi connectivity index (χ0v) is 14.9. The number of para-hydroxylation sites is 1. The molecule has 9 heteroatoms. The van der Waals surface area contributed by atoms with Crippen LogP contribution in [0, 0.1) is 0 Å². The minimum atomic E-state index is -4.77. The molecular formula is C19H19F3N2O4. The number of alkyl halides is 3. The normalized spacial score (nSPS) is 12.1. The van der Waals surface area contributed by atoms with Gasteiger partial charge in [0.2, 0.25) is 5.91 Å². The lowest BCUT2D eigenvalue weighted by atomic mass is 10.1. The second kappa shape index (κ2) is 9.12. The van der Waals surface area contributed by atoms with Gasteiger partial charge in [-0.1, -0.05) is 30.3 Å². The number of benzene rings is 2. The van der Waals surface area contributed by atoms with Crippen LogP contribution in [0.5, 0.6) is 5.75 Å². The number of aliphatic carboxylic acids is 1. The van der Waals surface area contributed by atoms with E-state index in [0.29, 0.717) is 11.3 Å². The van der Waals surface area contributed by atoms with E-state index < -0.39 is 24.3 Å². The first-order valence-corrected chi connectivity index (χ1v) is 8.31. The number of carboxylic acids is 1. The minimum absolute atomic E-state index is 0.185. The molecule has 1 amide bonds. The second-order valence-corrected chi connectivity index (χ2v) is 5.99. The van der Waals surface area contributed by atoms with Crippen molar-refractivity contribution in [1.82, 2.24) is 5.32 Å². The fraction of sp³-hybridized carbons (Fsp3) is 0.263. The Labute approximate surface area is 159 Å². The lowest BCUT2D eigenvalue weighted by molar-refractivity contribution is -0.274. The molecule has 0 spiro atoms. The number of amides is 1. The molecule has 0 aliphatic heterocycles. The molecule has 150 valence electrons. The molecule has 0 bridgehead atoms. The number of hydrogen-bond donors (Lipinski definition) is 2.